The van der Waals surface area contributed by atoms with Crippen molar-refractivity contribution in [3.63, 3.8) is 0 Å². The van der Waals surface area contributed by atoms with Crippen molar-refractivity contribution in [2.24, 2.45) is 0 Å². The van der Waals surface area contributed by atoms with E-state index < -0.39 is 0 Å². The molecule has 0 radical (unpaired) electrons. The number of benzene rings is 2. The highest BCUT2D eigenvalue weighted by atomic mass is 32.2. The fraction of sp³-hybridized carbons (Fsp3) is 0.364. The highest BCUT2D eigenvalue weighted by Gasteiger charge is 2.11. The lowest BCUT2D eigenvalue weighted by Crippen LogP contribution is -2.24. The Balaban J connectivity index is 1.84. The zero-order valence-corrected chi connectivity index (χ0v) is 16.2. The van der Waals surface area contributed by atoms with Gasteiger partial charge in [-0.2, -0.15) is 0 Å². The van der Waals surface area contributed by atoms with Gasteiger partial charge in [-0.05, 0) is 24.1 Å². The number of thioether (sulfide) groups is 1. The lowest BCUT2D eigenvalue weighted by molar-refractivity contribution is 0.649. The summed E-state index contributed by atoms with van der Waals surface area (Å²) in [4.78, 5) is 17.8. The van der Waals surface area contributed by atoms with Crippen LogP contribution in [0.3, 0.4) is 0 Å². The lowest BCUT2D eigenvalue weighted by Gasteiger charge is -2.13. The fourth-order valence-corrected chi connectivity index (χ4v) is 4.03. The van der Waals surface area contributed by atoms with Gasteiger partial charge in [0.25, 0.3) is 5.56 Å². The van der Waals surface area contributed by atoms with Gasteiger partial charge in [0.15, 0.2) is 5.16 Å². The van der Waals surface area contributed by atoms with E-state index in [-0.39, 0.29) is 5.56 Å². The first-order valence-electron chi connectivity index (χ1n) is 9.46. The van der Waals surface area contributed by atoms with Crippen LogP contribution in [0.4, 0.5) is 0 Å². The van der Waals surface area contributed by atoms with E-state index in [0.29, 0.717) is 11.9 Å². The summed E-state index contributed by atoms with van der Waals surface area (Å²) in [5.74, 6) is 1.00. The molecule has 26 heavy (non-hydrogen) atoms. The van der Waals surface area contributed by atoms with Crippen molar-refractivity contribution < 1.29 is 0 Å². The summed E-state index contributed by atoms with van der Waals surface area (Å²) < 4.78 is 1.83. The van der Waals surface area contributed by atoms with Gasteiger partial charge < -0.3 is 0 Å². The first kappa shape index (κ1) is 18.7. The van der Waals surface area contributed by atoms with Gasteiger partial charge in [0, 0.05) is 5.75 Å². The maximum absolute atomic E-state index is 13.0. The highest BCUT2D eigenvalue weighted by Crippen LogP contribution is 2.20. The molecule has 0 amide bonds. The largest absolute Gasteiger partial charge is 0.283 e. The molecule has 3 rings (SSSR count). The minimum absolute atomic E-state index is 0.0490. The average molecular weight is 367 g/mol. The Hall–Kier alpha value is -2.07. The van der Waals surface area contributed by atoms with Crippen LogP contribution in [-0.2, 0) is 6.54 Å². The molecule has 0 aliphatic carbocycles. The van der Waals surface area contributed by atoms with Crippen molar-refractivity contribution in [2.75, 3.05) is 5.75 Å². The molecule has 0 saturated carbocycles. The topological polar surface area (TPSA) is 34.9 Å². The SMILES string of the molecule is CCCCCCCSc1nc2ccccc2c(=O)n1Cc1ccccc1. The zero-order chi connectivity index (χ0) is 18.2. The monoisotopic (exact) mass is 366 g/mol. The van der Waals surface area contributed by atoms with E-state index in [0.717, 1.165) is 22.0 Å². The first-order chi connectivity index (χ1) is 12.8. The number of aromatic nitrogens is 2. The maximum Gasteiger partial charge on any atom is 0.262 e. The Kier molecular flexibility index (Phi) is 6.89. The van der Waals surface area contributed by atoms with Crippen LogP contribution in [0.1, 0.15) is 44.6 Å². The van der Waals surface area contributed by atoms with Gasteiger partial charge in [0.1, 0.15) is 0 Å². The highest BCUT2D eigenvalue weighted by molar-refractivity contribution is 7.99. The van der Waals surface area contributed by atoms with Crippen LogP contribution in [0.2, 0.25) is 0 Å². The van der Waals surface area contributed by atoms with E-state index in [9.17, 15) is 4.79 Å². The first-order valence-corrected chi connectivity index (χ1v) is 10.4. The third-order valence-electron chi connectivity index (χ3n) is 4.49. The van der Waals surface area contributed by atoms with Crippen LogP contribution in [-0.4, -0.2) is 15.3 Å². The standard InChI is InChI=1S/C22H26N2OS/c1-2-3-4-5-11-16-26-22-23-20-15-10-9-14-19(20)21(25)24(22)17-18-12-7-6-8-13-18/h6-10,12-15H,2-5,11,16-17H2,1H3. The van der Waals surface area contributed by atoms with E-state index in [4.69, 9.17) is 4.98 Å². The molecule has 0 atom stereocenters. The van der Waals surface area contributed by atoms with Crippen molar-refractivity contribution >= 4 is 22.7 Å². The Morgan fingerprint density at radius 2 is 1.65 bits per heavy atom. The molecule has 0 fully saturated rings. The maximum atomic E-state index is 13.0. The van der Waals surface area contributed by atoms with Gasteiger partial charge in [0.2, 0.25) is 0 Å². The molecular weight excluding hydrogens is 340 g/mol. The molecule has 0 N–H and O–H groups in total. The molecule has 3 aromatic rings. The van der Waals surface area contributed by atoms with Gasteiger partial charge in [-0.3, -0.25) is 9.36 Å². The van der Waals surface area contributed by atoms with Crippen LogP contribution in [0, 0.1) is 0 Å². The summed E-state index contributed by atoms with van der Waals surface area (Å²) in [6.45, 7) is 2.80. The van der Waals surface area contributed by atoms with Crippen LogP contribution in [0.15, 0.2) is 64.5 Å². The van der Waals surface area contributed by atoms with Crippen LogP contribution >= 0.6 is 11.8 Å². The second kappa shape index (κ2) is 9.58. The summed E-state index contributed by atoms with van der Waals surface area (Å²) in [7, 11) is 0. The summed E-state index contributed by atoms with van der Waals surface area (Å²) in [6, 6.07) is 17.8. The lowest BCUT2D eigenvalue weighted by atomic mass is 10.2. The fourth-order valence-electron chi connectivity index (χ4n) is 3.03. The molecule has 0 saturated heterocycles. The van der Waals surface area contributed by atoms with E-state index >= 15 is 0 Å². The second-order valence-electron chi connectivity index (χ2n) is 6.55. The Labute approximate surface area is 159 Å². The number of rotatable bonds is 9. The van der Waals surface area contributed by atoms with Gasteiger partial charge in [-0.1, -0.05) is 86.8 Å². The molecule has 3 nitrogen and oxygen atoms in total. The number of nitrogens with zero attached hydrogens (tertiary/aromatic N) is 2. The summed E-state index contributed by atoms with van der Waals surface area (Å²) in [5.41, 5.74) is 1.96. The van der Waals surface area contributed by atoms with Gasteiger partial charge in [0.05, 0.1) is 17.4 Å². The van der Waals surface area contributed by atoms with E-state index in [1.54, 1.807) is 11.8 Å². The number of hydrogen-bond acceptors (Lipinski definition) is 3. The predicted molar refractivity (Wildman–Crippen MR) is 111 cm³/mol. The van der Waals surface area contributed by atoms with Gasteiger partial charge >= 0.3 is 0 Å². The minimum atomic E-state index is 0.0490. The molecular formula is C22H26N2OS. The van der Waals surface area contributed by atoms with Crippen LogP contribution in [0.5, 0.6) is 0 Å². The van der Waals surface area contributed by atoms with Gasteiger partial charge in [-0.15, -0.1) is 0 Å². The Bertz CT molecular complexity index is 890. The van der Waals surface area contributed by atoms with E-state index in [1.165, 1.54) is 32.1 Å². The molecule has 0 aliphatic heterocycles. The number of para-hydroxylation sites is 1. The molecule has 1 aromatic heterocycles. The molecule has 0 aliphatic rings. The van der Waals surface area contributed by atoms with Gasteiger partial charge in [-0.25, -0.2) is 4.98 Å². The summed E-state index contributed by atoms with van der Waals surface area (Å²) in [5, 5.41) is 1.52. The molecule has 136 valence electrons. The summed E-state index contributed by atoms with van der Waals surface area (Å²) in [6.07, 6.45) is 6.27. The third kappa shape index (κ3) is 4.76. The van der Waals surface area contributed by atoms with E-state index in [2.05, 4.69) is 19.1 Å². The molecule has 0 bridgehead atoms. The molecule has 0 spiro atoms. The average Bonchev–Trinajstić information content (AvgIpc) is 2.68. The smallest absolute Gasteiger partial charge is 0.262 e. The Morgan fingerprint density at radius 1 is 0.923 bits per heavy atom. The van der Waals surface area contributed by atoms with Crippen molar-refractivity contribution in [1.82, 2.24) is 9.55 Å². The zero-order valence-electron chi connectivity index (χ0n) is 15.4. The third-order valence-corrected chi connectivity index (χ3v) is 5.55. The van der Waals surface area contributed by atoms with Crippen LogP contribution < -0.4 is 5.56 Å². The summed E-state index contributed by atoms with van der Waals surface area (Å²) >= 11 is 1.71. The molecule has 1 heterocycles. The second-order valence-corrected chi connectivity index (χ2v) is 7.61. The quantitative estimate of drug-likeness (QED) is 0.285. The van der Waals surface area contributed by atoms with Crippen molar-refractivity contribution in [2.45, 2.75) is 50.7 Å². The number of hydrogen-bond donors (Lipinski definition) is 0. The molecule has 4 heteroatoms. The van der Waals surface area contributed by atoms with Crippen LogP contribution in [0.25, 0.3) is 10.9 Å². The van der Waals surface area contributed by atoms with E-state index in [1.807, 2.05) is 47.0 Å². The normalized spacial score (nSPS) is 11.1. The molecule has 0 unspecified atom stereocenters. The minimum Gasteiger partial charge on any atom is -0.283 e. The number of unbranched alkanes of at least 4 members (excludes halogenated alkanes) is 4. The van der Waals surface area contributed by atoms with Crippen molar-refractivity contribution in [3.05, 3.63) is 70.5 Å². The van der Waals surface area contributed by atoms with Crippen molar-refractivity contribution in [3.8, 4) is 0 Å². The number of fused-ring (bicyclic) bond motifs is 1. The van der Waals surface area contributed by atoms with Crippen molar-refractivity contribution in [1.29, 1.82) is 0 Å². The molecule has 2 aromatic carbocycles. The predicted octanol–water partition coefficient (Wildman–Crippen LogP) is 5.51. The Morgan fingerprint density at radius 3 is 2.46 bits per heavy atom.